The number of hydrogen-bond acceptors (Lipinski definition) is 3. The highest BCUT2D eigenvalue weighted by atomic mass is 32.2. The Labute approximate surface area is 107 Å². The number of thioether (sulfide) groups is 1. The van der Waals surface area contributed by atoms with Gasteiger partial charge in [0.25, 0.3) is 0 Å². The molecule has 0 fully saturated rings. The first-order valence-electron chi connectivity index (χ1n) is 6.24. The number of unbranched alkanes of at least 4 members (excludes halogenated alkanes) is 3. The molecule has 0 amide bonds. The van der Waals surface area contributed by atoms with Crippen molar-refractivity contribution in [1.29, 1.82) is 0 Å². The topological polar surface area (TPSA) is 26.3 Å². The molecule has 0 saturated carbocycles. The van der Waals surface area contributed by atoms with Crippen LogP contribution < -0.4 is 4.74 Å². The molecule has 0 bridgehead atoms. The van der Waals surface area contributed by atoms with Crippen molar-refractivity contribution in [3.8, 4) is 5.75 Å². The molecule has 0 aliphatic carbocycles. The Hall–Kier alpha value is -0.960. The van der Waals surface area contributed by atoms with Gasteiger partial charge in [0.2, 0.25) is 0 Å². The minimum atomic E-state index is 0.236. The summed E-state index contributed by atoms with van der Waals surface area (Å²) in [7, 11) is 0. The molecule has 3 heteroatoms. The molecule has 1 aromatic rings. The number of ether oxygens (including phenoxy) is 1. The average molecular weight is 250 g/mol. The summed E-state index contributed by atoms with van der Waals surface area (Å²) in [6, 6.07) is 5.78. The van der Waals surface area contributed by atoms with Crippen LogP contribution in [0.15, 0.2) is 23.1 Å². The lowest BCUT2D eigenvalue weighted by atomic mass is 10.1. The molecule has 1 aromatic carbocycles. The van der Waals surface area contributed by atoms with E-state index in [9.17, 15) is 4.79 Å². The van der Waals surface area contributed by atoms with E-state index >= 15 is 0 Å². The SMILES string of the molecule is CCCCCCOc1ccc2c(c1)SCC2=O. The van der Waals surface area contributed by atoms with E-state index in [0.29, 0.717) is 5.75 Å². The van der Waals surface area contributed by atoms with Gasteiger partial charge in [0.05, 0.1) is 12.4 Å². The second-order valence-corrected chi connectivity index (χ2v) is 5.30. The lowest BCUT2D eigenvalue weighted by Gasteiger charge is -2.07. The standard InChI is InChI=1S/C14H18O2S/c1-2-3-4-5-8-16-11-6-7-12-13(15)10-17-14(12)9-11/h6-7,9H,2-5,8,10H2,1H3. The highest BCUT2D eigenvalue weighted by molar-refractivity contribution is 8.00. The summed E-state index contributed by atoms with van der Waals surface area (Å²) in [5, 5.41) is 0. The summed E-state index contributed by atoms with van der Waals surface area (Å²) in [5.74, 6) is 1.71. The fourth-order valence-electron chi connectivity index (χ4n) is 1.88. The lowest BCUT2D eigenvalue weighted by Crippen LogP contribution is -1.98. The zero-order valence-electron chi connectivity index (χ0n) is 10.2. The largest absolute Gasteiger partial charge is 0.494 e. The van der Waals surface area contributed by atoms with Crippen LogP contribution in [0.2, 0.25) is 0 Å². The third-order valence-corrected chi connectivity index (χ3v) is 3.93. The van der Waals surface area contributed by atoms with Crippen molar-refractivity contribution in [2.45, 2.75) is 37.5 Å². The summed E-state index contributed by atoms with van der Waals surface area (Å²) >= 11 is 1.61. The number of carbonyl (C=O) groups excluding carboxylic acids is 1. The van der Waals surface area contributed by atoms with Gasteiger partial charge >= 0.3 is 0 Å². The molecular weight excluding hydrogens is 232 g/mol. The highest BCUT2D eigenvalue weighted by Gasteiger charge is 2.20. The third-order valence-electron chi connectivity index (χ3n) is 2.88. The summed E-state index contributed by atoms with van der Waals surface area (Å²) in [6.45, 7) is 2.98. The van der Waals surface area contributed by atoms with Crippen LogP contribution >= 0.6 is 11.8 Å². The minimum absolute atomic E-state index is 0.236. The monoisotopic (exact) mass is 250 g/mol. The van der Waals surface area contributed by atoms with Gasteiger partial charge in [0, 0.05) is 10.5 Å². The maximum atomic E-state index is 11.4. The number of hydrogen-bond donors (Lipinski definition) is 0. The number of Topliss-reactive ketones (excluding diaryl/α,β-unsaturated/α-hetero) is 1. The summed E-state index contributed by atoms with van der Waals surface area (Å²) < 4.78 is 5.69. The van der Waals surface area contributed by atoms with Crippen LogP contribution in [0.25, 0.3) is 0 Å². The zero-order valence-corrected chi connectivity index (χ0v) is 11.0. The molecule has 2 rings (SSSR count). The predicted molar refractivity (Wildman–Crippen MR) is 71.1 cm³/mol. The van der Waals surface area contributed by atoms with E-state index in [2.05, 4.69) is 6.92 Å². The second kappa shape index (κ2) is 6.10. The predicted octanol–water partition coefficient (Wildman–Crippen LogP) is 3.93. The van der Waals surface area contributed by atoms with E-state index in [-0.39, 0.29) is 5.78 Å². The molecule has 2 nitrogen and oxygen atoms in total. The van der Waals surface area contributed by atoms with E-state index in [0.717, 1.165) is 29.2 Å². The Morgan fingerprint density at radius 3 is 3.00 bits per heavy atom. The molecule has 0 atom stereocenters. The van der Waals surface area contributed by atoms with Crippen molar-refractivity contribution in [3.63, 3.8) is 0 Å². The molecule has 0 radical (unpaired) electrons. The quantitative estimate of drug-likeness (QED) is 0.715. The van der Waals surface area contributed by atoms with Crippen LogP contribution in [-0.2, 0) is 0 Å². The molecule has 17 heavy (non-hydrogen) atoms. The Morgan fingerprint density at radius 1 is 1.29 bits per heavy atom. The number of ketones is 1. The zero-order chi connectivity index (χ0) is 12.1. The number of carbonyl (C=O) groups is 1. The van der Waals surface area contributed by atoms with Crippen molar-refractivity contribution in [2.24, 2.45) is 0 Å². The molecule has 0 unspecified atom stereocenters. The van der Waals surface area contributed by atoms with Crippen molar-refractivity contribution in [2.75, 3.05) is 12.4 Å². The molecule has 0 N–H and O–H groups in total. The van der Waals surface area contributed by atoms with Crippen molar-refractivity contribution in [3.05, 3.63) is 23.8 Å². The van der Waals surface area contributed by atoms with Gasteiger partial charge in [-0.3, -0.25) is 4.79 Å². The van der Waals surface area contributed by atoms with Crippen molar-refractivity contribution >= 4 is 17.5 Å². The first-order valence-corrected chi connectivity index (χ1v) is 7.22. The molecule has 92 valence electrons. The smallest absolute Gasteiger partial charge is 0.174 e. The van der Waals surface area contributed by atoms with Gasteiger partial charge in [-0.2, -0.15) is 0 Å². The van der Waals surface area contributed by atoms with E-state index < -0.39 is 0 Å². The third kappa shape index (κ3) is 3.25. The van der Waals surface area contributed by atoms with E-state index in [1.807, 2.05) is 18.2 Å². The first-order chi connectivity index (χ1) is 8.31. The summed E-state index contributed by atoms with van der Waals surface area (Å²) in [4.78, 5) is 12.5. The van der Waals surface area contributed by atoms with Gasteiger partial charge in [-0.1, -0.05) is 26.2 Å². The van der Waals surface area contributed by atoms with Gasteiger partial charge < -0.3 is 4.74 Å². The number of fused-ring (bicyclic) bond motifs is 1. The van der Waals surface area contributed by atoms with Crippen LogP contribution in [0.1, 0.15) is 43.0 Å². The Kier molecular flexibility index (Phi) is 4.49. The van der Waals surface area contributed by atoms with Crippen LogP contribution in [-0.4, -0.2) is 18.1 Å². The molecular formula is C14H18O2S. The summed E-state index contributed by atoms with van der Waals surface area (Å²) in [5.41, 5.74) is 0.855. The van der Waals surface area contributed by atoms with Gasteiger partial charge in [-0.05, 0) is 24.6 Å². The van der Waals surface area contributed by atoms with E-state index in [1.165, 1.54) is 19.3 Å². The molecule has 1 aliphatic heterocycles. The van der Waals surface area contributed by atoms with Gasteiger partial charge in [0.15, 0.2) is 5.78 Å². The van der Waals surface area contributed by atoms with E-state index in [4.69, 9.17) is 4.74 Å². The fraction of sp³-hybridized carbons (Fsp3) is 0.500. The average Bonchev–Trinajstić information content (AvgIpc) is 2.71. The molecule has 0 saturated heterocycles. The van der Waals surface area contributed by atoms with Crippen LogP contribution in [0.3, 0.4) is 0 Å². The molecule has 0 spiro atoms. The maximum Gasteiger partial charge on any atom is 0.174 e. The molecule has 1 heterocycles. The molecule has 1 aliphatic rings. The highest BCUT2D eigenvalue weighted by Crippen LogP contribution is 2.33. The van der Waals surface area contributed by atoms with Gasteiger partial charge in [-0.15, -0.1) is 11.8 Å². The minimum Gasteiger partial charge on any atom is -0.494 e. The van der Waals surface area contributed by atoms with E-state index in [1.54, 1.807) is 11.8 Å². The first kappa shape index (κ1) is 12.5. The number of rotatable bonds is 6. The lowest BCUT2D eigenvalue weighted by molar-refractivity contribution is 0.102. The van der Waals surface area contributed by atoms with Gasteiger partial charge in [0.1, 0.15) is 5.75 Å². The Morgan fingerprint density at radius 2 is 2.18 bits per heavy atom. The molecule has 0 aromatic heterocycles. The Balaban J connectivity index is 1.84. The fourth-order valence-corrected chi connectivity index (χ4v) is 2.86. The maximum absolute atomic E-state index is 11.4. The van der Waals surface area contributed by atoms with Crippen LogP contribution in [0.4, 0.5) is 0 Å². The van der Waals surface area contributed by atoms with Crippen molar-refractivity contribution in [1.82, 2.24) is 0 Å². The normalized spacial score (nSPS) is 13.8. The van der Waals surface area contributed by atoms with Gasteiger partial charge in [-0.25, -0.2) is 0 Å². The van der Waals surface area contributed by atoms with Crippen LogP contribution in [0.5, 0.6) is 5.75 Å². The van der Waals surface area contributed by atoms with Crippen molar-refractivity contribution < 1.29 is 9.53 Å². The second-order valence-electron chi connectivity index (χ2n) is 4.28. The van der Waals surface area contributed by atoms with Crippen LogP contribution in [0, 0.1) is 0 Å². The number of benzene rings is 1. The Bertz CT molecular complexity index is 401. The summed E-state index contributed by atoms with van der Waals surface area (Å²) in [6.07, 6.45) is 4.86.